The molecule has 0 unspecified atom stereocenters. The van der Waals surface area contributed by atoms with Gasteiger partial charge in [-0.15, -0.1) is 11.3 Å². The average Bonchev–Trinajstić information content (AvgIpc) is 3.84. The molecule has 1 spiro atoms. The Kier molecular flexibility index (Phi) is 7.30. The summed E-state index contributed by atoms with van der Waals surface area (Å²) in [5.74, 6) is 0. The van der Waals surface area contributed by atoms with Crippen LogP contribution in [-0.2, 0) is 21.7 Å². The first kappa shape index (κ1) is 38.0. The quantitative estimate of drug-likeness (QED) is 0.152. The van der Waals surface area contributed by atoms with E-state index >= 15 is 0 Å². The molecule has 4 heterocycles. The fraction of sp³-hybridized carbons (Fsp3) is 0.213. The second-order valence-electron chi connectivity index (χ2n) is 21.8. The Morgan fingerprint density at radius 2 is 1.17 bits per heavy atom. The summed E-state index contributed by atoms with van der Waals surface area (Å²) in [5, 5.41) is 2.70. The fourth-order valence-electron chi connectivity index (χ4n) is 13.2. The molecule has 3 aliphatic heterocycles. The molecule has 14 rings (SSSR count). The van der Waals surface area contributed by atoms with Gasteiger partial charge in [0.2, 0.25) is 0 Å². The van der Waals surface area contributed by atoms with E-state index in [-0.39, 0.29) is 23.1 Å². The van der Waals surface area contributed by atoms with Gasteiger partial charge >= 0.3 is 6.85 Å². The Hall–Kier alpha value is -6.36. The minimum atomic E-state index is -0.497. The van der Waals surface area contributed by atoms with Gasteiger partial charge < -0.3 is 9.71 Å². The molecule has 0 fully saturated rings. The summed E-state index contributed by atoms with van der Waals surface area (Å²) < 4.78 is 2.67. The van der Waals surface area contributed by atoms with Gasteiger partial charge in [0.25, 0.3) is 0 Å². The monoisotopic (exact) mass is 854 g/mol. The molecule has 65 heavy (non-hydrogen) atoms. The lowest BCUT2D eigenvalue weighted by atomic mass is 9.42. The standard InChI is InChI=1S/C61H51BN2S/c1-58(2,3)36-33-42-40-28-30-53-54(41-19-10-15-26-52(41)65-53)56(40)64(37-27-29-45-48(35-37)60(6,7)32-31-59(45,4)5)62-49-24-16-23-47-57(49)63(51(34-36)55(42)62)50-25-14-13-22-46(50)61(47)43-20-11-8-17-38(43)39-18-9-12-21-44(39)61/h8-30,33-35H,31-32H2,1-7H3. The van der Waals surface area contributed by atoms with Crippen LogP contribution in [-0.4, -0.2) is 6.85 Å². The molecule has 2 aliphatic carbocycles. The first-order valence-corrected chi connectivity index (χ1v) is 24.5. The lowest BCUT2D eigenvalue weighted by Crippen LogP contribution is -2.63. The summed E-state index contributed by atoms with van der Waals surface area (Å²) >= 11 is 1.93. The van der Waals surface area contributed by atoms with Crippen LogP contribution in [0.2, 0.25) is 0 Å². The van der Waals surface area contributed by atoms with E-state index in [1.54, 1.807) is 0 Å². The van der Waals surface area contributed by atoms with Crippen molar-refractivity contribution in [2.75, 3.05) is 9.71 Å². The van der Waals surface area contributed by atoms with Gasteiger partial charge in [-0.3, -0.25) is 0 Å². The largest absolute Gasteiger partial charge is 0.376 e. The number of rotatable bonds is 1. The number of fused-ring (bicyclic) bond motifs is 18. The van der Waals surface area contributed by atoms with Crippen molar-refractivity contribution in [1.82, 2.24) is 0 Å². The van der Waals surface area contributed by atoms with Gasteiger partial charge in [0.15, 0.2) is 0 Å². The molecule has 0 saturated carbocycles. The summed E-state index contributed by atoms with van der Waals surface area (Å²) in [6.45, 7) is 16.9. The predicted octanol–water partition coefficient (Wildman–Crippen LogP) is 15.1. The maximum Gasteiger partial charge on any atom is 0.333 e. The van der Waals surface area contributed by atoms with Crippen molar-refractivity contribution in [3.8, 4) is 22.3 Å². The van der Waals surface area contributed by atoms with Gasteiger partial charge in [-0.25, -0.2) is 0 Å². The van der Waals surface area contributed by atoms with Crippen LogP contribution in [0.4, 0.5) is 28.4 Å². The van der Waals surface area contributed by atoms with Gasteiger partial charge in [-0.1, -0.05) is 170 Å². The highest BCUT2D eigenvalue weighted by Crippen LogP contribution is 2.64. The molecule has 2 nitrogen and oxygen atoms in total. The van der Waals surface area contributed by atoms with Gasteiger partial charge in [0.1, 0.15) is 0 Å². The third-order valence-electron chi connectivity index (χ3n) is 16.4. The van der Waals surface area contributed by atoms with Crippen LogP contribution in [0.25, 0.3) is 42.4 Å². The zero-order valence-corrected chi connectivity index (χ0v) is 39.1. The number of benzene rings is 8. The highest BCUT2D eigenvalue weighted by atomic mass is 32.1. The lowest BCUT2D eigenvalue weighted by Gasteiger charge is -2.52. The van der Waals surface area contributed by atoms with E-state index in [1.165, 1.54) is 134 Å². The first-order chi connectivity index (χ1) is 31.4. The fourth-order valence-corrected chi connectivity index (χ4v) is 14.3. The SMILES string of the molecule is CC(C)(C)c1cc2c3c(c1)N1c4ccccc4C4(c5ccccc5-c5ccccc54)c4cccc(c41)B3N(c1ccc3c(c1)C(C)(C)CCC3(C)C)c1c-2ccc2sc3ccccc3c12. The predicted molar refractivity (Wildman–Crippen MR) is 278 cm³/mol. The van der Waals surface area contributed by atoms with Crippen molar-refractivity contribution < 1.29 is 0 Å². The molecular weight excluding hydrogens is 804 g/mol. The zero-order valence-electron chi connectivity index (χ0n) is 38.3. The molecule has 0 N–H and O–H groups in total. The van der Waals surface area contributed by atoms with Gasteiger partial charge in [-0.2, -0.15) is 0 Å². The second kappa shape index (κ2) is 12.5. The summed E-state index contributed by atoms with van der Waals surface area (Å²) in [7, 11) is 0. The van der Waals surface area contributed by atoms with Crippen molar-refractivity contribution >= 4 is 77.7 Å². The maximum atomic E-state index is 2.81. The summed E-state index contributed by atoms with van der Waals surface area (Å²) in [6, 6.07) is 61.8. The minimum absolute atomic E-state index is 0.0554. The van der Waals surface area contributed by atoms with Crippen LogP contribution < -0.4 is 20.6 Å². The van der Waals surface area contributed by atoms with Crippen molar-refractivity contribution in [3.63, 3.8) is 0 Å². The molecule has 0 radical (unpaired) electrons. The smallest absolute Gasteiger partial charge is 0.333 e. The van der Waals surface area contributed by atoms with Crippen LogP contribution in [0, 0.1) is 0 Å². The van der Waals surface area contributed by atoms with Crippen LogP contribution in [0.3, 0.4) is 0 Å². The van der Waals surface area contributed by atoms with E-state index in [9.17, 15) is 0 Å². The van der Waals surface area contributed by atoms with E-state index < -0.39 is 5.41 Å². The molecule has 4 heteroatoms. The van der Waals surface area contributed by atoms with E-state index in [0.717, 1.165) is 0 Å². The van der Waals surface area contributed by atoms with Gasteiger partial charge in [0, 0.05) is 48.5 Å². The molecule has 0 amide bonds. The van der Waals surface area contributed by atoms with E-state index in [1.807, 2.05) is 11.3 Å². The first-order valence-electron chi connectivity index (χ1n) is 23.7. The van der Waals surface area contributed by atoms with Crippen LogP contribution in [0.5, 0.6) is 0 Å². The topological polar surface area (TPSA) is 6.48 Å². The molecule has 0 bridgehead atoms. The number of nitrogens with zero attached hydrogens (tertiary/aromatic N) is 2. The molecule has 0 saturated heterocycles. The second-order valence-corrected chi connectivity index (χ2v) is 22.9. The van der Waals surface area contributed by atoms with Crippen LogP contribution >= 0.6 is 11.3 Å². The van der Waals surface area contributed by atoms with Crippen molar-refractivity contribution in [2.45, 2.75) is 83.0 Å². The van der Waals surface area contributed by atoms with E-state index in [4.69, 9.17) is 0 Å². The molecule has 5 aliphatic rings. The zero-order chi connectivity index (χ0) is 43.9. The molecule has 8 aromatic carbocycles. The Bertz CT molecular complexity index is 3540. The normalized spacial score (nSPS) is 17.3. The number of hydrogen-bond donors (Lipinski definition) is 0. The number of anilines is 5. The highest BCUT2D eigenvalue weighted by molar-refractivity contribution is 7.26. The Morgan fingerprint density at radius 1 is 0.508 bits per heavy atom. The summed E-state index contributed by atoms with van der Waals surface area (Å²) in [5.41, 5.74) is 23.9. The molecule has 9 aromatic rings. The maximum absolute atomic E-state index is 2.81. The summed E-state index contributed by atoms with van der Waals surface area (Å²) in [4.78, 5) is 5.51. The number of hydrogen-bond acceptors (Lipinski definition) is 3. The number of para-hydroxylation sites is 2. The van der Waals surface area contributed by atoms with Gasteiger partial charge in [0.05, 0.1) is 11.1 Å². The Labute approximate surface area is 387 Å². The number of thiophene rings is 1. The molecule has 1 aromatic heterocycles. The van der Waals surface area contributed by atoms with E-state index in [0.29, 0.717) is 0 Å². The molecular formula is C61H51BN2S. The van der Waals surface area contributed by atoms with E-state index in [2.05, 4.69) is 216 Å². The van der Waals surface area contributed by atoms with Crippen molar-refractivity contribution in [1.29, 1.82) is 0 Å². The van der Waals surface area contributed by atoms with Crippen molar-refractivity contribution in [2.24, 2.45) is 0 Å². The van der Waals surface area contributed by atoms with Crippen molar-refractivity contribution in [3.05, 3.63) is 197 Å². The Morgan fingerprint density at radius 3 is 1.92 bits per heavy atom. The molecule has 314 valence electrons. The van der Waals surface area contributed by atoms with Gasteiger partial charge in [-0.05, 0) is 132 Å². The third-order valence-corrected chi connectivity index (χ3v) is 17.6. The highest BCUT2D eigenvalue weighted by Gasteiger charge is 2.56. The molecule has 0 atom stereocenters. The minimum Gasteiger partial charge on any atom is -0.376 e. The Balaban J connectivity index is 1.17. The summed E-state index contributed by atoms with van der Waals surface area (Å²) in [6.07, 6.45) is 2.36. The third kappa shape index (κ3) is 4.71. The van der Waals surface area contributed by atoms with Crippen LogP contribution in [0.15, 0.2) is 158 Å². The average molecular weight is 855 g/mol. The van der Waals surface area contributed by atoms with Crippen LogP contribution in [0.1, 0.15) is 100 Å². The lowest BCUT2D eigenvalue weighted by molar-refractivity contribution is 0.332.